The molecular formula is C13H16O2. The summed E-state index contributed by atoms with van der Waals surface area (Å²) >= 11 is 0. The van der Waals surface area contributed by atoms with Gasteiger partial charge in [0, 0.05) is 0 Å². The maximum absolute atomic E-state index is 11.7. The van der Waals surface area contributed by atoms with Crippen molar-refractivity contribution < 1.29 is 9.53 Å². The minimum Gasteiger partial charge on any atom is -0.459 e. The SMILES string of the molecule is CC1CCC(OC(=O)c2ccccc2)C1. The lowest BCUT2D eigenvalue weighted by Crippen LogP contribution is -2.15. The van der Waals surface area contributed by atoms with E-state index < -0.39 is 0 Å². The maximum atomic E-state index is 11.7. The molecule has 2 atom stereocenters. The van der Waals surface area contributed by atoms with Crippen molar-refractivity contribution >= 4 is 5.97 Å². The molecule has 0 bridgehead atoms. The van der Waals surface area contributed by atoms with Crippen LogP contribution in [-0.2, 0) is 4.74 Å². The molecule has 0 spiro atoms. The molecule has 0 saturated heterocycles. The second-order valence-electron chi connectivity index (χ2n) is 4.31. The Kier molecular flexibility index (Phi) is 3.05. The molecule has 2 unspecified atom stereocenters. The van der Waals surface area contributed by atoms with E-state index in [9.17, 15) is 4.79 Å². The van der Waals surface area contributed by atoms with Crippen LogP contribution in [0.4, 0.5) is 0 Å². The highest BCUT2D eigenvalue weighted by atomic mass is 16.5. The Labute approximate surface area is 90.3 Å². The van der Waals surface area contributed by atoms with Crippen LogP contribution >= 0.6 is 0 Å². The number of esters is 1. The first-order chi connectivity index (χ1) is 7.25. The van der Waals surface area contributed by atoms with Crippen molar-refractivity contribution in [1.29, 1.82) is 0 Å². The van der Waals surface area contributed by atoms with Gasteiger partial charge >= 0.3 is 5.97 Å². The number of hydrogen-bond donors (Lipinski definition) is 0. The van der Waals surface area contributed by atoms with Gasteiger partial charge < -0.3 is 4.74 Å². The first kappa shape index (κ1) is 10.2. The molecule has 0 N–H and O–H groups in total. The third-order valence-corrected chi connectivity index (χ3v) is 2.93. The second kappa shape index (κ2) is 4.47. The van der Waals surface area contributed by atoms with Gasteiger partial charge in [0.1, 0.15) is 6.10 Å². The maximum Gasteiger partial charge on any atom is 0.338 e. The number of benzene rings is 1. The van der Waals surface area contributed by atoms with Crippen LogP contribution in [0, 0.1) is 5.92 Å². The molecule has 1 fully saturated rings. The summed E-state index contributed by atoms with van der Waals surface area (Å²) in [4.78, 5) is 11.7. The summed E-state index contributed by atoms with van der Waals surface area (Å²) in [6.07, 6.45) is 3.33. The highest BCUT2D eigenvalue weighted by Crippen LogP contribution is 2.27. The third-order valence-electron chi connectivity index (χ3n) is 2.93. The van der Waals surface area contributed by atoms with Gasteiger partial charge in [-0.05, 0) is 37.3 Å². The van der Waals surface area contributed by atoms with Crippen molar-refractivity contribution in [2.24, 2.45) is 5.92 Å². The molecule has 1 aliphatic rings. The molecule has 80 valence electrons. The van der Waals surface area contributed by atoms with E-state index in [0.717, 1.165) is 12.8 Å². The fourth-order valence-electron chi connectivity index (χ4n) is 2.06. The van der Waals surface area contributed by atoms with Gasteiger partial charge in [-0.15, -0.1) is 0 Å². The number of carbonyl (C=O) groups excluding carboxylic acids is 1. The summed E-state index contributed by atoms with van der Waals surface area (Å²) in [6, 6.07) is 9.19. The highest BCUT2D eigenvalue weighted by Gasteiger charge is 2.24. The van der Waals surface area contributed by atoms with Gasteiger partial charge in [0.25, 0.3) is 0 Å². The van der Waals surface area contributed by atoms with E-state index in [1.807, 2.05) is 18.2 Å². The summed E-state index contributed by atoms with van der Waals surface area (Å²) in [7, 11) is 0. The predicted octanol–water partition coefficient (Wildman–Crippen LogP) is 3.03. The molecule has 1 aromatic carbocycles. The summed E-state index contributed by atoms with van der Waals surface area (Å²) in [5.74, 6) is 0.508. The molecule has 0 radical (unpaired) electrons. The second-order valence-corrected chi connectivity index (χ2v) is 4.31. The van der Waals surface area contributed by atoms with Crippen LogP contribution in [0.15, 0.2) is 30.3 Å². The Hall–Kier alpha value is -1.31. The Morgan fingerprint density at radius 2 is 2.00 bits per heavy atom. The molecule has 1 aromatic rings. The van der Waals surface area contributed by atoms with Crippen molar-refractivity contribution in [3.05, 3.63) is 35.9 Å². The van der Waals surface area contributed by atoms with Crippen LogP contribution < -0.4 is 0 Å². The normalized spacial score (nSPS) is 25.1. The highest BCUT2D eigenvalue weighted by molar-refractivity contribution is 5.89. The van der Waals surface area contributed by atoms with E-state index >= 15 is 0 Å². The van der Waals surface area contributed by atoms with E-state index in [1.165, 1.54) is 6.42 Å². The standard InChI is InChI=1S/C13H16O2/c1-10-7-8-12(9-10)15-13(14)11-5-3-2-4-6-11/h2-6,10,12H,7-9H2,1H3. The molecule has 15 heavy (non-hydrogen) atoms. The zero-order valence-corrected chi connectivity index (χ0v) is 8.98. The summed E-state index contributed by atoms with van der Waals surface area (Å²) < 4.78 is 5.43. The van der Waals surface area contributed by atoms with Crippen LogP contribution in [0.1, 0.15) is 36.5 Å². The molecule has 2 heteroatoms. The number of carbonyl (C=O) groups is 1. The number of ether oxygens (including phenoxy) is 1. The monoisotopic (exact) mass is 204 g/mol. The molecule has 0 heterocycles. The van der Waals surface area contributed by atoms with Crippen LogP contribution in [-0.4, -0.2) is 12.1 Å². The van der Waals surface area contributed by atoms with Crippen LogP contribution in [0.3, 0.4) is 0 Å². The molecule has 2 nitrogen and oxygen atoms in total. The van der Waals surface area contributed by atoms with Gasteiger partial charge in [0.15, 0.2) is 0 Å². The Bertz CT molecular complexity index is 332. The molecule has 1 aliphatic carbocycles. The third kappa shape index (κ3) is 2.58. The summed E-state index contributed by atoms with van der Waals surface area (Å²) in [5.41, 5.74) is 0.650. The zero-order chi connectivity index (χ0) is 10.7. The van der Waals surface area contributed by atoms with Crippen molar-refractivity contribution in [3.8, 4) is 0 Å². The van der Waals surface area contributed by atoms with Crippen molar-refractivity contribution in [2.75, 3.05) is 0 Å². The molecule has 1 saturated carbocycles. The van der Waals surface area contributed by atoms with Crippen molar-refractivity contribution in [3.63, 3.8) is 0 Å². The largest absolute Gasteiger partial charge is 0.459 e. The van der Waals surface area contributed by atoms with Crippen LogP contribution in [0.5, 0.6) is 0 Å². The van der Waals surface area contributed by atoms with Gasteiger partial charge in [0.2, 0.25) is 0 Å². The minimum atomic E-state index is -0.185. The fourth-order valence-corrected chi connectivity index (χ4v) is 2.06. The zero-order valence-electron chi connectivity index (χ0n) is 8.98. The summed E-state index contributed by atoms with van der Waals surface area (Å²) in [6.45, 7) is 2.20. The summed E-state index contributed by atoms with van der Waals surface area (Å²) in [5, 5.41) is 0. The lowest BCUT2D eigenvalue weighted by molar-refractivity contribution is 0.0311. The molecule has 0 amide bonds. The van der Waals surface area contributed by atoms with Gasteiger partial charge in [-0.3, -0.25) is 0 Å². The van der Waals surface area contributed by atoms with Gasteiger partial charge in [0.05, 0.1) is 5.56 Å². The van der Waals surface area contributed by atoms with E-state index in [4.69, 9.17) is 4.74 Å². The Balaban J connectivity index is 1.93. The van der Waals surface area contributed by atoms with Gasteiger partial charge in [-0.25, -0.2) is 4.79 Å². The average Bonchev–Trinajstić information content (AvgIpc) is 2.65. The number of hydrogen-bond acceptors (Lipinski definition) is 2. The van der Waals surface area contributed by atoms with Gasteiger partial charge in [-0.2, -0.15) is 0 Å². The average molecular weight is 204 g/mol. The molecule has 2 rings (SSSR count). The Morgan fingerprint density at radius 1 is 1.27 bits per heavy atom. The first-order valence-electron chi connectivity index (χ1n) is 5.51. The molecule has 0 aromatic heterocycles. The lowest BCUT2D eigenvalue weighted by atomic mass is 10.1. The Morgan fingerprint density at radius 3 is 2.60 bits per heavy atom. The number of rotatable bonds is 2. The van der Waals surface area contributed by atoms with Crippen molar-refractivity contribution in [1.82, 2.24) is 0 Å². The predicted molar refractivity (Wildman–Crippen MR) is 58.7 cm³/mol. The topological polar surface area (TPSA) is 26.3 Å². The van der Waals surface area contributed by atoms with Crippen molar-refractivity contribution in [2.45, 2.75) is 32.3 Å². The van der Waals surface area contributed by atoms with Crippen LogP contribution in [0.2, 0.25) is 0 Å². The van der Waals surface area contributed by atoms with E-state index in [2.05, 4.69) is 6.92 Å². The minimum absolute atomic E-state index is 0.132. The molecular weight excluding hydrogens is 188 g/mol. The smallest absolute Gasteiger partial charge is 0.338 e. The lowest BCUT2D eigenvalue weighted by Gasteiger charge is -2.11. The fraction of sp³-hybridized carbons (Fsp3) is 0.462. The van der Waals surface area contributed by atoms with E-state index in [1.54, 1.807) is 12.1 Å². The quantitative estimate of drug-likeness (QED) is 0.692. The molecule has 0 aliphatic heterocycles. The van der Waals surface area contributed by atoms with E-state index in [0.29, 0.717) is 11.5 Å². The van der Waals surface area contributed by atoms with E-state index in [-0.39, 0.29) is 12.1 Å². The first-order valence-corrected chi connectivity index (χ1v) is 5.51. The van der Waals surface area contributed by atoms with Gasteiger partial charge in [-0.1, -0.05) is 25.1 Å². The van der Waals surface area contributed by atoms with Crippen LogP contribution in [0.25, 0.3) is 0 Å².